The monoisotopic (exact) mass is 513 g/mol. The highest BCUT2D eigenvalue weighted by molar-refractivity contribution is 5.94. The quantitative estimate of drug-likeness (QED) is 0.477. The second-order valence-corrected chi connectivity index (χ2v) is 9.40. The molecule has 2 rings (SSSR count). The van der Waals surface area contributed by atoms with E-state index in [9.17, 15) is 27.6 Å². The number of hydrogen-bond acceptors (Lipinski definition) is 4. The van der Waals surface area contributed by atoms with Crippen molar-refractivity contribution < 1.29 is 27.6 Å². The van der Waals surface area contributed by atoms with Crippen LogP contribution >= 0.6 is 0 Å². The van der Waals surface area contributed by atoms with E-state index in [-0.39, 0.29) is 36.4 Å². The molecule has 0 unspecified atom stereocenters. The minimum Gasteiger partial charge on any atom is -0.338 e. The van der Waals surface area contributed by atoms with E-state index in [1.165, 1.54) is 17.0 Å². The van der Waals surface area contributed by atoms with Crippen molar-refractivity contribution in [2.24, 2.45) is 11.8 Å². The maximum atomic E-state index is 13.0. The van der Waals surface area contributed by atoms with E-state index in [1.807, 2.05) is 25.9 Å². The molecule has 0 spiro atoms. The van der Waals surface area contributed by atoms with E-state index >= 15 is 0 Å². The predicted molar refractivity (Wildman–Crippen MR) is 132 cm³/mol. The highest BCUT2D eigenvalue weighted by atomic mass is 19.4. The molecule has 1 aromatic carbocycles. The number of alkyl halides is 3. The van der Waals surface area contributed by atoms with E-state index in [0.29, 0.717) is 26.1 Å². The van der Waals surface area contributed by atoms with Gasteiger partial charge in [0.1, 0.15) is 0 Å². The Bertz CT molecular complexity index is 894. The van der Waals surface area contributed by atoms with Crippen molar-refractivity contribution in [1.82, 2.24) is 20.0 Å². The van der Waals surface area contributed by atoms with Gasteiger partial charge >= 0.3 is 18.2 Å². The number of imide groups is 1. The molecule has 0 radical (unpaired) electrons. The summed E-state index contributed by atoms with van der Waals surface area (Å²) in [6.45, 7) is 6.09. The van der Waals surface area contributed by atoms with Gasteiger partial charge in [-0.1, -0.05) is 19.4 Å². The summed E-state index contributed by atoms with van der Waals surface area (Å²) in [4.78, 5) is 43.0. The van der Waals surface area contributed by atoms with E-state index in [2.05, 4.69) is 10.6 Å². The first-order valence-electron chi connectivity index (χ1n) is 12.4. The van der Waals surface area contributed by atoms with Crippen molar-refractivity contribution in [3.8, 4) is 0 Å². The molecule has 2 N–H and O–H groups in total. The molecule has 1 aromatic rings. The first kappa shape index (κ1) is 29.4. The van der Waals surface area contributed by atoms with E-state index < -0.39 is 23.8 Å². The lowest BCUT2D eigenvalue weighted by atomic mass is 9.81. The summed E-state index contributed by atoms with van der Waals surface area (Å²) >= 11 is 0. The number of amides is 5. The van der Waals surface area contributed by atoms with Gasteiger partial charge in [0.05, 0.1) is 5.56 Å². The number of anilines is 1. The van der Waals surface area contributed by atoms with Crippen LogP contribution in [0.5, 0.6) is 0 Å². The largest absolute Gasteiger partial charge is 0.416 e. The fraction of sp³-hybridized carbons (Fsp3) is 0.640. The zero-order chi connectivity index (χ0) is 26.9. The lowest BCUT2D eigenvalue weighted by Crippen LogP contribution is -2.48. The lowest BCUT2D eigenvalue weighted by Gasteiger charge is -2.38. The topological polar surface area (TPSA) is 85.0 Å². The van der Waals surface area contributed by atoms with Crippen LogP contribution in [0.25, 0.3) is 0 Å². The summed E-state index contributed by atoms with van der Waals surface area (Å²) in [6.07, 6.45) is -2.20. The fourth-order valence-electron chi connectivity index (χ4n) is 4.43. The molecule has 0 aliphatic carbocycles. The van der Waals surface area contributed by atoms with Gasteiger partial charge in [0, 0.05) is 38.3 Å². The van der Waals surface area contributed by atoms with Crippen LogP contribution in [0.2, 0.25) is 0 Å². The predicted octanol–water partition coefficient (Wildman–Crippen LogP) is 4.49. The van der Waals surface area contributed by atoms with Crippen LogP contribution in [0.3, 0.4) is 0 Å². The number of nitrogens with one attached hydrogen (secondary N) is 2. The number of benzene rings is 1. The number of nitrogens with zero attached hydrogens (tertiary/aromatic N) is 3. The third-order valence-corrected chi connectivity index (χ3v) is 6.50. The second-order valence-electron chi connectivity index (χ2n) is 9.40. The van der Waals surface area contributed by atoms with Crippen LogP contribution in [0, 0.1) is 11.8 Å². The van der Waals surface area contributed by atoms with Gasteiger partial charge in [0.2, 0.25) is 5.91 Å². The van der Waals surface area contributed by atoms with Gasteiger partial charge in [-0.2, -0.15) is 13.2 Å². The molecule has 202 valence electrons. The number of piperidine rings is 1. The summed E-state index contributed by atoms with van der Waals surface area (Å²) in [5.74, 6) is -0.194. The normalized spacial score (nSPS) is 18.2. The fourth-order valence-corrected chi connectivity index (χ4v) is 4.43. The SMILES string of the molecule is CC[C@@H]1CN(C(=O)Nc2cccc(C(F)(F)F)c2)CC[C@H]1CC(=O)N(CC)C(=O)NCCCN(C)C. The molecule has 8 nitrogen and oxygen atoms in total. The Kier molecular flexibility index (Phi) is 11.0. The van der Waals surface area contributed by atoms with Crippen LogP contribution in [-0.2, 0) is 11.0 Å². The van der Waals surface area contributed by atoms with E-state index in [4.69, 9.17) is 0 Å². The Morgan fingerprint density at radius 2 is 1.86 bits per heavy atom. The molecule has 1 heterocycles. The Morgan fingerprint density at radius 1 is 1.14 bits per heavy atom. The van der Waals surface area contributed by atoms with Gasteiger partial charge in [-0.05, 0) is 70.4 Å². The van der Waals surface area contributed by atoms with Gasteiger partial charge in [-0.3, -0.25) is 9.69 Å². The average molecular weight is 514 g/mol. The number of carbonyl (C=O) groups excluding carboxylic acids is 3. The highest BCUT2D eigenvalue weighted by Crippen LogP contribution is 2.32. The van der Waals surface area contributed by atoms with Crippen LogP contribution in [-0.4, -0.2) is 79.5 Å². The van der Waals surface area contributed by atoms with Gasteiger partial charge in [-0.25, -0.2) is 9.59 Å². The number of hydrogen-bond donors (Lipinski definition) is 2. The zero-order valence-corrected chi connectivity index (χ0v) is 21.5. The number of likely N-dealkylation sites (tertiary alicyclic amines) is 1. The summed E-state index contributed by atoms with van der Waals surface area (Å²) in [5, 5.41) is 5.35. The molecule has 2 atom stereocenters. The zero-order valence-electron chi connectivity index (χ0n) is 21.5. The first-order chi connectivity index (χ1) is 17.0. The molecule has 1 fully saturated rings. The summed E-state index contributed by atoms with van der Waals surface area (Å²) in [5.41, 5.74) is -0.749. The van der Waals surface area contributed by atoms with Gasteiger partial charge < -0.3 is 20.4 Å². The maximum absolute atomic E-state index is 13.0. The molecule has 1 aliphatic rings. The number of rotatable bonds is 9. The number of urea groups is 2. The summed E-state index contributed by atoms with van der Waals surface area (Å²) in [7, 11) is 3.91. The molecule has 0 saturated carbocycles. The van der Waals surface area contributed by atoms with Crippen molar-refractivity contribution in [2.75, 3.05) is 52.1 Å². The van der Waals surface area contributed by atoms with Crippen molar-refractivity contribution in [1.29, 1.82) is 0 Å². The Balaban J connectivity index is 1.92. The molecule has 0 aromatic heterocycles. The minimum atomic E-state index is -4.49. The van der Waals surface area contributed by atoms with Crippen LogP contribution < -0.4 is 10.6 Å². The van der Waals surface area contributed by atoms with Gasteiger partial charge in [0.25, 0.3) is 0 Å². The summed E-state index contributed by atoms with van der Waals surface area (Å²) in [6, 6.07) is 3.67. The Morgan fingerprint density at radius 3 is 2.47 bits per heavy atom. The third-order valence-electron chi connectivity index (χ3n) is 6.50. The smallest absolute Gasteiger partial charge is 0.338 e. The van der Waals surface area contributed by atoms with E-state index in [1.54, 1.807) is 11.8 Å². The number of carbonyl (C=O) groups is 3. The number of halogens is 3. The van der Waals surface area contributed by atoms with Gasteiger partial charge in [-0.15, -0.1) is 0 Å². The lowest BCUT2D eigenvalue weighted by molar-refractivity contribution is -0.137. The van der Waals surface area contributed by atoms with Crippen LogP contribution in [0.15, 0.2) is 24.3 Å². The third kappa shape index (κ3) is 8.69. The van der Waals surface area contributed by atoms with Crippen LogP contribution in [0.4, 0.5) is 28.4 Å². The average Bonchev–Trinajstić information content (AvgIpc) is 2.82. The molecular formula is C25H38F3N5O3. The standard InChI is InChI=1S/C25H38F3N5O3/c1-5-18-17-32(24(36)30-21-10-7-9-20(16-21)25(26,27)28)14-11-19(18)15-22(34)33(6-2)23(35)29-12-8-13-31(3)4/h7,9-10,16,18-19H,5-6,8,11-15,17H2,1-4H3,(H,29,35)(H,30,36)/t18-,19+/m1/s1. The van der Waals surface area contributed by atoms with E-state index in [0.717, 1.165) is 31.5 Å². The van der Waals surface area contributed by atoms with Crippen molar-refractivity contribution in [3.05, 3.63) is 29.8 Å². The molecule has 0 bridgehead atoms. The maximum Gasteiger partial charge on any atom is 0.416 e. The highest BCUT2D eigenvalue weighted by Gasteiger charge is 2.34. The van der Waals surface area contributed by atoms with Crippen molar-refractivity contribution in [2.45, 2.75) is 45.7 Å². The molecule has 5 amide bonds. The molecule has 11 heteroatoms. The molecule has 36 heavy (non-hydrogen) atoms. The van der Waals surface area contributed by atoms with Gasteiger partial charge in [0.15, 0.2) is 0 Å². The molecule has 1 aliphatic heterocycles. The second kappa shape index (κ2) is 13.5. The van der Waals surface area contributed by atoms with Crippen LogP contribution in [0.1, 0.15) is 45.1 Å². The minimum absolute atomic E-state index is 0.00991. The first-order valence-corrected chi connectivity index (χ1v) is 12.4. The molecule has 1 saturated heterocycles. The Labute approximate surface area is 211 Å². The van der Waals surface area contributed by atoms with Crippen molar-refractivity contribution >= 4 is 23.7 Å². The molecular weight excluding hydrogens is 475 g/mol. The Hall–Kier alpha value is -2.82. The van der Waals surface area contributed by atoms with Crippen molar-refractivity contribution in [3.63, 3.8) is 0 Å². The summed E-state index contributed by atoms with van der Waals surface area (Å²) < 4.78 is 38.9.